The van der Waals surface area contributed by atoms with E-state index in [1.54, 1.807) is 27.7 Å². The van der Waals surface area contributed by atoms with Crippen LogP contribution in [0.2, 0.25) is 0 Å². The maximum atomic E-state index is 12.6. The zero-order chi connectivity index (χ0) is 23.6. The summed E-state index contributed by atoms with van der Waals surface area (Å²) >= 11 is 0. The fourth-order valence-electron chi connectivity index (χ4n) is 2.53. The van der Waals surface area contributed by atoms with Gasteiger partial charge in [-0.15, -0.1) is 0 Å². The van der Waals surface area contributed by atoms with Crippen molar-refractivity contribution in [3.05, 3.63) is 0 Å². The van der Waals surface area contributed by atoms with Gasteiger partial charge in [-0.3, -0.25) is 19.2 Å². The highest BCUT2D eigenvalue weighted by atomic mass is 16.4. The Bertz CT molecular complexity index is 638. The Balaban J connectivity index is 5.17. The average Bonchev–Trinajstić information content (AvgIpc) is 2.61. The normalized spacial score (nSPS) is 15.1. The summed E-state index contributed by atoms with van der Waals surface area (Å²) in [6.07, 6.45) is -0.248. The Morgan fingerprint density at radius 2 is 1.40 bits per heavy atom. The Hall–Kier alpha value is -2.73. The summed E-state index contributed by atoms with van der Waals surface area (Å²) in [6.45, 7) is 6.03. The molecule has 0 bridgehead atoms. The number of hydrogen-bond donors (Lipinski definition) is 7. The fraction of sp³-hybridized carbons (Fsp3) is 0.722. The van der Waals surface area contributed by atoms with Gasteiger partial charge in [-0.25, -0.2) is 4.79 Å². The summed E-state index contributed by atoms with van der Waals surface area (Å²) in [6, 6.07) is -4.98. The number of aliphatic carboxylic acids is 1. The zero-order valence-electron chi connectivity index (χ0n) is 17.7. The number of rotatable bonds is 13. The van der Waals surface area contributed by atoms with E-state index in [1.165, 1.54) is 0 Å². The Morgan fingerprint density at radius 1 is 0.867 bits per heavy atom. The molecule has 12 heteroatoms. The van der Waals surface area contributed by atoms with E-state index in [9.17, 15) is 34.2 Å². The molecule has 0 aromatic heterocycles. The van der Waals surface area contributed by atoms with E-state index in [0.29, 0.717) is 0 Å². The number of primary amides is 1. The second-order valence-electron chi connectivity index (χ2n) is 7.78. The minimum atomic E-state index is -1.43. The zero-order valence-corrected chi connectivity index (χ0v) is 17.7. The van der Waals surface area contributed by atoms with Crippen LogP contribution < -0.4 is 27.4 Å². The van der Waals surface area contributed by atoms with Crippen LogP contribution in [-0.4, -0.2) is 70.6 Å². The number of carbonyl (C=O) groups is 5. The quantitative estimate of drug-likeness (QED) is 0.164. The van der Waals surface area contributed by atoms with Gasteiger partial charge >= 0.3 is 5.97 Å². The molecule has 9 N–H and O–H groups in total. The van der Waals surface area contributed by atoms with Gasteiger partial charge in [0.25, 0.3) is 0 Å². The van der Waals surface area contributed by atoms with Gasteiger partial charge in [-0.2, -0.15) is 0 Å². The van der Waals surface area contributed by atoms with Crippen LogP contribution in [0.1, 0.15) is 40.5 Å². The highest BCUT2D eigenvalue weighted by Crippen LogP contribution is 2.06. The fourth-order valence-corrected chi connectivity index (χ4v) is 2.53. The standard InChI is InChI=1S/C18H33N5O7/c1-8(2)5-11(18(29)30)21-16(27)12(7-24)22-17(28)14(9(3)4)23-15(26)10(19)6-13(20)25/h8-12,14,24H,5-7,19H2,1-4H3,(H2,20,25)(H,21,27)(H,22,28)(H,23,26)(H,29,30). The van der Waals surface area contributed by atoms with Crippen LogP contribution in [0.3, 0.4) is 0 Å². The van der Waals surface area contributed by atoms with Crippen molar-refractivity contribution in [2.24, 2.45) is 23.3 Å². The Labute approximate surface area is 175 Å². The number of carboxylic acids is 1. The van der Waals surface area contributed by atoms with E-state index in [0.717, 1.165) is 0 Å². The summed E-state index contributed by atoms with van der Waals surface area (Å²) in [4.78, 5) is 59.2. The maximum Gasteiger partial charge on any atom is 0.326 e. The maximum absolute atomic E-state index is 12.6. The summed E-state index contributed by atoms with van der Waals surface area (Å²) in [5, 5.41) is 25.7. The van der Waals surface area contributed by atoms with E-state index in [1.807, 2.05) is 0 Å². The van der Waals surface area contributed by atoms with Crippen LogP contribution in [0.15, 0.2) is 0 Å². The summed E-state index contributed by atoms with van der Waals surface area (Å²) in [7, 11) is 0. The van der Waals surface area contributed by atoms with Gasteiger partial charge in [0.2, 0.25) is 23.6 Å². The van der Waals surface area contributed by atoms with E-state index >= 15 is 0 Å². The second-order valence-corrected chi connectivity index (χ2v) is 7.78. The number of nitrogens with one attached hydrogen (secondary N) is 3. The molecular formula is C18H33N5O7. The average molecular weight is 431 g/mol. The lowest BCUT2D eigenvalue weighted by molar-refractivity contribution is -0.143. The van der Waals surface area contributed by atoms with Gasteiger partial charge < -0.3 is 37.6 Å². The second kappa shape index (κ2) is 12.8. The largest absolute Gasteiger partial charge is 0.480 e. The van der Waals surface area contributed by atoms with Crippen LogP contribution in [0.25, 0.3) is 0 Å². The SMILES string of the molecule is CC(C)CC(NC(=O)C(CO)NC(=O)C(NC(=O)C(N)CC(N)=O)C(C)C)C(=O)O. The molecule has 0 saturated heterocycles. The molecule has 172 valence electrons. The first-order valence-electron chi connectivity index (χ1n) is 9.58. The number of amides is 4. The topological polar surface area (TPSA) is 214 Å². The minimum Gasteiger partial charge on any atom is -0.480 e. The van der Waals surface area contributed by atoms with Crippen LogP contribution in [0, 0.1) is 11.8 Å². The molecule has 4 unspecified atom stereocenters. The molecule has 0 aliphatic rings. The molecule has 0 aromatic carbocycles. The van der Waals surface area contributed by atoms with Crippen molar-refractivity contribution in [1.82, 2.24) is 16.0 Å². The third-order valence-electron chi connectivity index (χ3n) is 4.14. The van der Waals surface area contributed by atoms with Crippen molar-refractivity contribution in [1.29, 1.82) is 0 Å². The lowest BCUT2D eigenvalue weighted by Gasteiger charge is -2.26. The molecule has 0 aromatic rings. The number of hydrogen-bond acceptors (Lipinski definition) is 7. The predicted molar refractivity (Wildman–Crippen MR) is 107 cm³/mol. The molecular weight excluding hydrogens is 398 g/mol. The Morgan fingerprint density at radius 3 is 1.80 bits per heavy atom. The van der Waals surface area contributed by atoms with Gasteiger partial charge in [-0.05, 0) is 18.3 Å². The number of carboxylic acid groups (broad SMARTS) is 1. The summed E-state index contributed by atoms with van der Waals surface area (Å²) < 4.78 is 0. The van der Waals surface area contributed by atoms with Crippen molar-refractivity contribution in [2.45, 2.75) is 64.7 Å². The van der Waals surface area contributed by atoms with Crippen molar-refractivity contribution >= 4 is 29.6 Å². The first-order chi connectivity index (χ1) is 13.8. The van der Waals surface area contributed by atoms with Gasteiger partial charge in [0.05, 0.1) is 19.1 Å². The van der Waals surface area contributed by atoms with Crippen LogP contribution in [0.4, 0.5) is 0 Å². The van der Waals surface area contributed by atoms with E-state index in [2.05, 4.69) is 16.0 Å². The van der Waals surface area contributed by atoms with E-state index in [-0.39, 0.29) is 12.3 Å². The van der Waals surface area contributed by atoms with Crippen molar-refractivity contribution < 1.29 is 34.2 Å². The number of carbonyl (C=O) groups excluding carboxylic acids is 4. The van der Waals surface area contributed by atoms with Gasteiger partial charge in [0, 0.05) is 0 Å². The molecule has 0 saturated carbocycles. The molecule has 0 radical (unpaired) electrons. The molecule has 0 aliphatic heterocycles. The van der Waals surface area contributed by atoms with Gasteiger partial charge in [-0.1, -0.05) is 27.7 Å². The summed E-state index contributed by atoms with van der Waals surface area (Å²) in [5.41, 5.74) is 10.6. The first-order valence-corrected chi connectivity index (χ1v) is 9.58. The molecule has 0 heterocycles. The monoisotopic (exact) mass is 431 g/mol. The molecule has 0 fully saturated rings. The molecule has 0 spiro atoms. The predicted octanol–water partition coefficient (Wildman–Crippen LogP) is -2.58. The molecule has 0 aliphatic carbocycles. The lowest BCUT2D eigenvalue weighted by atomic mass is 10.0. The van der Waals surface area contributed by atoms with Crippen LogP contribution in [0.5, 0.6) is 0 Å². The van der Waals surface area contributed by atoms with Gasteiger partial charge in [0.1, 0.15) is 18.1 Å². The van der Waals surface area contributed by atoms with Crippen molar-refractivity contribution in [3.63, 3.8) is 0 Å². The smallest absolute Gasteiger partial charge is 0.326 e. The van der Waals surface area contributed by atoms with Crippen molar-refractivity contribution in [2.75, 3.05) is 6.61 Å². The number of aliphatic hydroxyl groups is 1. The molecule has 4 amide bonds. The van der Waals surface area contributed by atoms with Crippen LogP contribution >= 0.6 is 0 Å². The number of nitrogens with two attached hydrogens (primary N) is 2. The Kier molecular flexibility index (Phi) is 11.6. The van der Waals surface area contributed by atoms with E-state index in [4.69, 9.17) is 11.5 Å². The molecule has 4 atom stereocenters. The highest BCUT2D eigenvalue weighted by molar-refractivity contribution is 5.95. The summed E-state index contributed by atoms with van der Waals surface area (Å²) in [5.74, 6) is -4.91. The molecule has 12 nitrogen and oxygen atoms in total. The highest BCUT2D eigenvalue weighted by Gasteiger charge is 2.31. The first kappa shape index (κ1) is 27.3. The third-order valence-corrected chi connectivity index (χ3v) is 4.14. The lowest BCUT2D eigenvalue weighted by Crippen LogP contribution is -2.59. The minimum absolute atomic E-state index is 0.0151. The van der Waals surface area contributed by atoms with Crippen LogP contribution in [-0.2, 0) is 24.0 Å². The molecule has 0 rings (SSSR count). The van der Waals surface area contributed by atoms with E-state index < -0.39 is 72.7 Å². The van der Waals surface area contributed by atoms with Crippen molar-refractivity contribution in [3.8, 4) is 0 Å². The third kappa shape index (κ3) is 9.65. The molecule has 30 heavy (non-hydrogen) atoms. The number of aliphatic hydroxyl groups excluding tert-OH is 1. The van der Waals surface area contributed by atoms with Gasteiger partial charge in [0.15, 0.2) is 0 Å².